The highest BCUT2D eigenvalue weighted by atomic mass is 32.2. The van der Waals surface area contributed by atoms with Crippen LogP contribution < -0.4 is 5.32 Å². The number of ether oxygens (including phenoxy) is 1. The lowest BCUT2D eigenvalue weighted by atomic mass is 10.1. The van der Waals surface area contributed by atoms with E-state index < -0.39 is 10.0 Å². The van der Waals surface area contributed by atoms with Crippen LogP contribution in [0.25, 0.3) is 11.1 Å². The molecule has 1 aromatic carbocycles. The summed E-state index contributed by atoms with van der Waals surface area (Å²) in [7, 11) is -3.25. The van der Waals surface area contributed by atoms with Crippen molar-refractivity contribution in [1.29, 1.82) is 0 Å². The molecule has 8 nitrogen and oxygen atoms in total. The molecule has 1 aliphatic rings. The number of benzene rings is 1. The summed E-state index contributed by atoms with van der Waals surface area (Å²) in [5, 5.41) is 9.45. The maximum Gasteiger partial charge on any atom is 0.251 e. The SMILES string of the molecule is CS(=O)(=O)N1CCO[C@@H](CNC(=O)c2cccc(-c3cn[nH]c3)c2)C1. The zero-order valence-corrected chi connectivity index (χ0v) is 14.6. The molecule has 2 N–H and O–H groups in total. The summed E-state index contributed by atoms with van der Waals surface area (Å²) in [5.41, 5.74) is 2.31. The molecular formula is C16H20N4O4S. The maximum absolute atomic E-state index is 12.4. The average Bonchev–Trinajstić information content (AvgIpc) is 3.14. The van der Waals surface area contributed by atoms with Gasteiger partial charge in [-0.2, -0.15) is 9.40 Å². The number of aromatic amines is 1. The molecule has 2 heterocycles. The topological polar surface area (TPSA) is 104 Å². The van der Waals surface area contributed by atoms with Gasteiger partial charge in [0.15, 0.2) is 0 Å². The minimum atomic E-state index is -3.25. The Labute approximate surface area is 146 Å². The van der Waals surface area contributed by atoms with E-state index in [2.05, 4.69) is 15.5 Å². The van der Waals surface area contributed by atoms with Crippen LogP contribution in [0.4, 0.5) is 0 Å². The summed E-state index contributed by atoms with van der Waals surface area (Å²) in [6, 6.07) is 7.21. The first kappa shape index (κ1) is 17.6. The molecule has 2 aromatic rings. The second kappa shape index (κ2) is 7.34. The van der Waals surface area contributed by atoms with Gasteiger partial charge >= 0.3 is 0 Å². The van der Waals surface area contributed by atoms with Gasteiger partial charge in [-0.3, -0.25) is 9.89 Å². The Hall–Kier alpha value is -2.23. The summed E-state index contributed by atoms with van der Waals surface area (Å²) < 4.78 is 30.1. The van der Waals surface area contributed by atoms with Gasteiger partial charge in [0, 0.05) is 37.0 Å². The van der Waals surface area contributed by atoms with Crippen LogP contribution in [-0.2, 0) is 14.8 Å². The van der Waals surface area contributed by atoms with E-state index in [9.17, 15) is 13.2 Å². The lowest BCUT2D eigenvalue weighted by Gasteiger charge is -2.31. The summed E-state index contributed by atoms with van der Waals surface area (Å²) >= 11 is 0. The van der Waals surface area contributed by atoms with Crippen LogP contribution in [0.2, 0.25) is 0 Å². The van der Waals surface area contributed by atoms with Gasteiger partial charge in [0.1, 0.15) is 0 Å². The van der Waals surface area contributed by atoms with Crippen molar-refractivity contribution in [2.24, 2.45) is 0 Å². The summed E-state index contributed by atoms with van der Waals surface area (Å²) in [6.07, 6.45) is 4.26. The molecule has 25 heavy (non-hydrogen) atoms. The zero-order valence-electron chi connectivity index (χ0n) is 13.8. The molecule has 0 saturated carbocycles. The second-order valence-corrected chi connectivity index (χ2v) is 7.87. The van der Waals surface area contributed by atoms with Gasteiger partial charge in [-0.15, -0.1) is 0 Å². The maximum atomic E-state index is 12.4. The summed E-state index contributed by atoms with van der Waals surface area (Å²) in [5.74, 6) is -0.231. The molecule has 0 bridgehead atoms. The van der Waals surface area contributed by atoms with E-state index in [0.29, 0.717) is 18.7 Å². The van der Waals surface area contributed by atoms with E-state index in [1.54, 1.807) is 30.6 Å². The van der Waals surface area contributed by atoms with E-state index in [-0.39, 0.29) is 25.1 Å². The van der Waals surface area contributed by atoms with Crippen molar-refractivity contribution in [2.75, 3.05) is 32.5 Å². The summed E-state index contributed by atoms with van der Waals surface area (Å²) in [6.45, 7) is 1.16. The van der Waals surface area contributed by atoms with Crippen LogP contribution in [0.1, 0.15) is 10.4 Å². The Morgan fingerprint density at radius 3 is 3.00 bits per heavy atom. The van der Waals surface area contributed by atoms with E-state index >= 15 is 0 Å². The Morgan fingerprint density at radius 1 is 1.44 bits per heavy atom. The number of hydrogen-bond acceptors (Lipinski definition) is 5. The standard InChI is InChI=1S/C16H20N4O4S/c1-25(22,23)20-5-6-24-15(11-20)10-17-16(21)13-4-2-3-12(7-13)14-8-18-19-9-14/h2-4,7-9,15H,5-6,10-11H2,1H3,(H,17,21)(H,18,19)/t15-/m0/s1. The van der Waals surface area contributed by atoms with Gasteiger partial charge in [0.2, 0.25) is 10.0 Å². The van der Waals surface area contributed by atoms with Gasteiger partial charge in [-0.1, -0.05) is 12.1 Å². The first-order valence-electron chi connectivity index (χ1n) is 7.87. The summed E-state index contributed by atoms with van der Waals surface area (Å²) in [4.78, 5) is 12.4. The number of nitrogens with one attached hydrogen (secondary N) is 2. The van der Waals surface area contributed by atoms with E-state index in [0.717, 1.165) is 11.1 Å². The van der Waals surface area contributed by atoms with Crippen molar-refractivity contribution in [3.8, 4) is 11.1 Å². The molecule has 1 fully saturated rings. The minimum absolute atomic E-state index is 0.231. The molecule has 1 atom stereocenters. The first-order chi connectivity index (χ1) is 11.9. The predicted molar refractivity (Wildman–Crippen MR) is 92.5 cm³/mol. The molecule has 1 amide bonds. The molecule has 1 aromatic heterocycles. The predicted octanol–water partition coefficient (Wildman–Crippen LogP) is 0.467. The van der Waals surface area contributed by atoms with E-state index in [4.69, 9.17) is 4.74 Å². The van der Waals surface area contributed by atoms with Crippen LogP contribution >= 0.6 is 0 Å². The van der Waals surface area contributed by atoms with Crippen molar-refractivity contribution in [2.45, 2.75) is 6.10 Å². The van der Waals surface area contributed by atoms with Crippen molar-refractivity contribution in [3.63, 3.8) is 0 Å². The largest absolute Gasteiger partial charge is 0.374 e. The van der Waals surface area contributed by atoms with E-state index in [1.807, 2.05) is 6.07 Å². The number of aromatic nitrogens is 2. The minimum Gasteiger partial charge on any atom is -0.374 e. The molecular weight excluding hydrogens is 344 g/mol. The highest BCUT2D eigenvalue weighted by molar-refractivity contribution is 7.88. The van der Waals surface area contributed by atoms with Gasteiger partial charge in [-0.05, 0) is 17.7 Å². The normalized spacial score (nSPS) is 18.8. The van der Waals surface area contributed by atoms with Crippen LogP contribution in [0, 0.1) is 0 Å². The van der Waals surface area contributed by atoms with Crippen molar-refractivity contribution < 1.29 is 17.9 Å². The van der Waals surface area contributed by atoms with Crippen molar-refractivity contribution in [3.05, 3.63) is 42.2 Å². The lowest BCUT2D eigenvalue weighted by Crippen LogP contribution is -2.49. The third-order valence-electron chi connectivity index (χ3n) is 4.02. The third-order valence-corrected chi connectivity index (χ3v) is 5.29. The molecule has 134 valence electrons. The molecule has 1 aliphatic heterocycles. The van der Waals surface area contributed by atoms with Crippen LogP contribution in [0.5, 0.6) is 0 Å². The molecule has 0 unspecified atom stereocenters. The molecule has 0 spiro atoms. The van der Waals surface area contributed by atoms with Crippen LogP contribution in [0.15, 0.2) is 36.7 Å². The fourth-order valence-electron chi connectivity index (χ4n) is 2.67. The Bertz CT molecular complexity index is 836. The van der Waals surface area contributed by atoms with Gasteiger partial charge < -0.3 is 10.1 Å². The lowest BCUT2D eigenvalue weighted by molar-refractivity contribution is 0.000438. The first-order valence-corrected chi connectivity index (χ1v) is 9.72. The van der Waals surface area contributed by atoms with Gasteiger partial charge in [0.05, 0.1) is 25.2 Å². The number of amides is 1. The number of sulfonamides is 1. The number of carbonyl (C=O) groups excluding carboxylic acids is 1. The smallest absolute Gasteiger partial charge is 0.251 e. The molecule has 0 aliphatic carbocycles. The van der Waals surface area contributed by atoms with Crippen LogP contribution in [-0.4, -0.2) is 67.4 Å². The fourth-order valence-corrected chi connectivity index (χ4v) is 3.52. The molecule has 3 rings (SSSR count). The number of morpholine rings is 1. The van der Waals surface area contributed by atoms with Gasteiger partial charge in [0.25, 0.3) is 5.91 Å². The highest BCUT2D eigenvalue weighted by Crippen LogP contribution is 2.18. The molecule has 9 heteroatoms. The Kier molecular flexibility index (Phi) is 5.16. The van der Waals surface area contributed by atoms with Crippen LogP contribution in [0.3, 0.4) is 0 Å². The Balaban J connectivity index is 1.60. The zero-order chi connectivity index (χ0) is 17.9. The number of hydrogen-bond donors (Lipinski definition) is 2. The van der Waals surface area contributed by atoms with Crippen molar-refractivity contribution >= 4 is 15.9 Å². The number of rotatable bonds is 5. The van der Waals surface area contributed by atoms with Gasteiger partial charge in [-0.25, -0.2) is 8.42 Å². The monoisotopic (exact) mass is 364 g/mol. The molecule has 1 saturated heterocycles. The second-order valence-electron chi connectivity index (χ2n) is 5.89. The third kappa shape index (κ3) is 4.44. The van der Waals surface area contributed by atoms with E-state index in [1.165, 1.54) is 10.6 Å². The number of H-pyrrole nitrogens is 1. The molecule has 0 radical (unpaired) electrons. The average molecular weight is 364 g/mol. The highest BCUT2D eigenvalue weighted by Gasteiger charge is 2.26. The fraction of sp³-hybridized carbons (Fsp3) is 0.375. The number of nitrogens with zero attached hydrogens (tertiary/aromatic N) is 2. The quantitative estimate of drug-likeness (QED) is 0.802. The Morgan fingerprint density at radius 2 is 2.28 bits per heavy atom. The van der Waals surface area contributed by atoms with Crippen molar-refractivity contribution in [1.82, 2.24) is 19.8 Å². The number of carbonyl (C=O) groups is 1.